The highest BCUT2D eigenvalue weighted by atomic mass is 127. The molecule has 6 nitrogen and oxygen atoms in total. The molecule has 1 fully saturated rings. The second-order valence-electron chi connectivity index (χ2n) is 8.72. The van der Waals surface area contributed by atoms with Crippen LogP contribution >= 0.6 is 24.0 Å². The van der Waals surface area contributed by atoms with Gasteiger partial charge in [-0.3, -0.25) is 0 Å². The van der Waals surface area contributed by atoms with Gasteiger partial charge in [-0.05, 0) is 58.2 Å². The van der Waals surface area contributed by atoms with Crippen molar-refractivity contribution in [3.05, 3.63) is 17.8 Å². The van der Waals surface area contributed by atoms with E-state index in [-0.39, 0.29) is 29.4 Å². The molecule has 0 atom stereocenters. The lowest BCUT2D eigenvalue weighted by Crippen LogP contribution is -2.38. The number of nitrogens with zero attached hydrogens (tertiary/aromatic N) is 3. The molecule has 0 bridgehead atoms. The summed E-state index contributed by atoms with van der Waals surface area (Å²) >= 11 is 0. The van der Waals surface area contributed by atoms with Crippen LogP contribution < -0.4 is 10.6 Å². The molecule has 0 unspecified atom stereocenters. The van der Waals surface area contributed by atoms with Crippen LogP contribution in [0, 0.1) is 5.92 Å². The van der Waals surface area contributed by atoms with Gasteiger partial charge in [-0.25, -0.2) is 9.98 Å². The largest absolute Gasteiger partial charge is 0.443 e. The number of oxazole rings is 1. The van der Waals surface area contributed by atoms with Gasteiger partial charge in [0.25, 0.3) is 0 Å². The highest BCUT2D eigenvalue weighted by Gasteiger charge is 2.19. The molecule has 0 radical (unpaired) electrons. The van der Waals surface area contributed by atoms with E-state index in [2.05, 4.69) is 60.1 Å². The zero-order chi connectivity index (χ0) is 19.7. The van der Waals surface area contributed by atoms with Crippen LogP contribution in [0.15, 0.2) is 15.6 Å². The summed E-state index contributed by atoms with van der Waals surface area (Å²) in [4.78, 5) is 11.6. The lowest BCUT2D eigenvalue weighted by Gasteiger charge is -2.30. The Bertz CT molecular complexity index is 574. The fourth-order valence-corrected chi connectivity index (χ4v) is 3.17. The molecular formula is C21H40IN5O. The average molecular weight is 505 g/mol. The van der Waals surface area contributed by atoms with Crippen molar-refractivity contribution in [1.82, 2.24) is 20.5 Å². The van der Waals surface area contributed by atoms with Gasteiger partial charge in [0.05, 0.1) is 6.20 Å². The predicted octanol–water partition coefficient (Wildman–Crippen LogP) is 4.16. The van der Waals surface area contributed by atoms with Crippen molar-refractivity contribution < 1.29 is 4.42 Å². The van der Waals surface area contributed by atoms with E-state index in [1.54, 1.807) is 0 Å². The van der Waals surface area contributed by atoms with Crippen molar-refractivity contribution in [3.8, 4) is 0 Å². The first-order valence-corrected chi connectivity index (χ1v) is 10.6. The van der Waals surface area contributed by atoms with E-state index in [9.17, 15) is 0 Å². The summed E-state index contributed by atoms with van der Waals surface area (Å²) in [6, 6.07) is 0. The molecule has 7 heteroatoms. The van der Waals surface area contributed by atoms with Gasteiger partial charge >= 0.3 is 0 Å². The number of nitrogens with one attached hydrogen (secondary N) is 2. The van der Waals surface area contributed by atoms with Crippen molar-refractivity contribution in [3.63, 3.8) is 0 Å². The van der Waals surface area contributed by atoms with Crippen LogP contribution in [0.25, 0.3) is 0 Å². The summed E-state index contributed by atoms with van der Waals surface area (Å²) in [6.45, 7) is 16.8. The van der Waals surface area contributed by atoms with Gasteiger partial charge < -0.3 is 20.0 Å². The first-order valence-electron chi connectivity index (χ1n) is 10.6. The number of hydrogen-bond donors (Lipinski definition) is 2. The van der Waals surface area contributed by atoms with Crippen molar-refractivity contribution in [2.24, 2.45) is 10.9 Å². The summed E-state index contributed by atoms with van der Waals surface area (Å²) in [5.41, 5.74) is -0.0237. The average Bonchev–Trinajstić information content (AvgIpc) is 3.10. The molecule has 0 aromatic carbocycles. The van der Waals surface area contributed by atoms with Crippen LogP contribution in [0.3, 0.4) is 0 Å². The summed E-state index contributed by atoms with van der Waals surface area (Å²) in [6.07, 6.45) is 6.91. The number of hydrogen-bond acceptors (Lipinski definition) is 4. The van der Waals surface area contributed by atoms with Crippen LogP contribution in [-0.2, 0) is 12.0 Å². The molecule has 1 saturated heterocycles. The minimum absolute atomic E-state index is 0. The zero-order valence-corrected chi connectivity index (χ0v) is 20.7. The van der Waals surface area contributed by atoms with Gasteiger partial charge in [-0.15, -0.1) is 24.0 Å². The Labute approximate surface area is 188 Å². The number of halogens is 1. The highest BCUT2D eigenvalue weighted by Crippen LogP contribution is 2.22. The van der Waals surface area contributed by atoms with Gasteiger partial charge in [0.2, 0.25) is 5.89 Å². The Morgan fingerprint density at radius 3 is 2.57 bits per heavy atom. The monoisotopic (exact) mass is 505 g/mol. The summed E-state index contributed by atoms with van der Waals surface area (Å²) in [5, 5.41) is 6.72. The molecule has 28 heavy (non-hydrogen) atoms. The standard InChI is InChI=1S/C21H39N5O.HI/c1-6-22-20(25-16-19-24-15-18(27-19)21(3,4)5)23-11-7-8-12-26-13-9-17(2)10-14-26;/h15,17H,6-14,16H2,1-5H3,(H2,22,23,25);1H. The number of unbranched alkanes of at least 4 members (excludes halogenated alkanes) is 1. The molecule has 0 spiro atoms. The molecule has 0 saturated carbocycles. The molecular weight excluding hydrogens is 465 g/mol. The van der Waals surface area contributed by atoms with Crippen LogP contribution in [0.4, 0.5) is 0 Å². The normalized spacial score (nSPS) is 16.7. The van der Waals surface area contributed by atoms with E-state index < -0.39 is 0 Å². The number of aliphatic imine (C=N–C) groups is 1. The molecule has 2 rings (SSSR count). The maximum Gasteiger partial charge on any atom is 0.216 e. The van der Waals surface area contributed by atoms with Gasteiger partial charge in [0.15, 0.2) is 5.96 Å². The Morgan fingerprint density at radius 1 is 1.25 bits per heavy atom. The predicted molar refractivity (Wildman–Crippen MR) is 128 cm³/mol. The van der Waals surface area contributed by atoms with Crippen molar-refractivity contribution in [1.29, 1.82) is 0 Å². The fourth-order valence-electron chi connectivity index (χ4n) is 3.17. The molecule has 1 aliphatic rings. The van der Waals surface area contributed by atoms with E-state index in [1.807, 2.05) is 6.20 Å². The lowest BCUT2D eigenvalue weighted by atomic mass is 9.94. The highest BCUT2D eigenvalue weighted by molar-refractivity contribution is 14.0. The van der Waals surface area contributed by atoms with Gasteiger partial charge in [0.1, 0.15) is 12.3 Å². The number of piperidine rings is 1. The van der Waals surface area contributed by atoms with E-state index in [0.29, 0.717) is 12.4 Å². The third-order valence-corrected chi connectivity index (χ3v) is 5.08. The summed E-state index contributed by atoms with van der Waals surface area (Å²) in [5.74, 6) is 3.30. The van der Waals surface area contributed by atoms with Crippen LogP contribution in [0.2, 0.25) is 0 Å². The first kappa shape index (κ1) is 25.2. The molecule has 162 valence electrons. The fraction of sp³-hybridized carbons (Fsp3) is 0.810. The van der Waals surface area contributed by atoms with Crippen LogP contribution in [0.5, 0.6) is 0 Å². The molecule has 1 aliphatic heterocycles. The van der Waals surface area contributed by atoms with Gasteiger partial charge in [-0.2, -0.15) is 0 Å². The number of rotatable bonds is 8. The maximum atomic E-state index is 5.82. The van der Waals surface area contributed by atoms with E-state index in [4.69, 9.17) is 4.42 Å². The Balaban J connectivity index is 0.00000392. The summed E-state index contributed by atoms with van der Waals surface area (Å²) < 4.78 is 5.82. The summed E-state index contributed by atoms with van der Waals surface area (Å²) in [7, 11) is 0. The maximum absolute atomic E-state index is 5.82. The second kappa shape index (κ2) is 12.7. The minimum atomic E-state index is -0.0237. The Hall–Kier alpha value is -0.830. The molecule has 2 N–H and O–H groups in total. The smallest absolute Gasteiger partial charge is 0.216 e. The Kier molecular flexibility index (Phi) is 11.4. The number of guanidine groups is 1. The molecule has 0 amide bonds. The Morgan fingerprint density at radius 2 is 1.96 bits per heavy atom. The van der Waals surface area contributed by atoms with E-state index in [1.165, 1.54) is 38.9 Å². The molecule has 2 heterocycles. The minimum Gasteiger partial charge on any atom is -0.443 e. The van der Waals surface area contributed by atoms with Gasteiger partial charge in [-0.1, -0.05) is 27.7 Å². The third-order valence-electron chi connectivity index (χ3n) is 5.08. The van der Waals surface area contributed by atoms with E-state index >= 15 is 0 Å². The van der Waals surface area contributed by atoms with Crippen molar-refractivity contribution in [2.75, 3.05) is 32.7 Å². The third kappa shape index (κ3) is 9.11. The van der Waals surface area contributed by atoms with E-state index in [0.717, 1.165) is 37.1 Å². The molecule has 0 aliphatic carbocycles. The van der Waals surface area contributed by atoms with Gasteiger partial charge in [0, 0.05) is 18.5 Å². The zero-order valence-electron chi connectivity index (χ0n) is 18.4. The number of likely N-dealkylation sites (tertiary alicyclic amines) is 1. The SMILES string of the molecule is CCNC(=NCc1ncc(C(C)(C)C)o1)NCCCCN1CCC(C)CC1.I. The van der Waals surface area contributed by atoms with Crippen LogP contribution in [0.1, 0.15) is 72.0 Å². The quantitative estimate of drug-likeness (QED) is 0.241. The molecule has 1 aromatic heterocycles. The topological polar surface area (TPSA) is 65.7 Å². The number of aromatic nitrogens is 1. The van der Waals surface area contributed by atoms with Crippen molar-refractivity contribution >= 4 is 29.9 Å². The van der Waals surface area contributed by atoms with Crippen LogP contribution in [-0.4, -0.2) is 48.6 Å². The lowest BCUT2D eigenvalue weighted by molar-refractivity contribution is 0.189. The van der Waals surface area contributed by atoms with Crippen molar-refractivity contribution in [2.45, 2.75) is 72.3 Å². The second-order valence-corrected chi connectivity index (χ2v) is 8.72. The molecule has 1 aromatic rings. The first-order chi connectivity index (χ1) is 12.9.